The number of hydrogen-bond donors (Lipinski definition) is 1. The van der Waals surface area contributed by atoms with Crippen LogP contribution >= 0.6 is 15.9 Å². The molecule has 0 amide bonds. The van der Waals surface area contributed by atoms with Gasteiger partial charge in [0, 0.05) is 35.6 Å². The molecule has 1 atom stereocenters. The molecule has 0 fully saturated rings. The van der Waals surface area contributed by atoms with Crippen molar-refractivity contribution in [3.05, 3.63) is 46.5 Å². The fraction of sp³-hybridized carbons (Fsp3) is 0.333. The largest absolute Gasteiger partial charge is 0.324 e. The van der Waals surface area contributed by atoms with Crippen LogP contribution in [0.4, 0.5) is 0 Å². The summed E-state index contributed by atoms with van der Waals surface area (Å²) in [5, 5.41) is 4.24. The minimum Gasteiger partial charge on any atom is -0.324 e. The molecule has 2 aromatic rings. The third kappa shape index (κ3) is 3.14. The monoisotopic (exact) mass is 294 g/mol. The van der Waals surface area contributed by atoms with Gasteiger partial charge in [0.05, 0.1) is 6.20 Å². The predicted molar refractivity (Wildman–Crippen MR) is 70.5 cm³/mol. The van der Waals surface area contributed by atoms with Crippen LogP contribution in [0.3, 0.4) is 0 Å². The fourth-order valence-electron chi connectivity index (χ4n) is 1.69. The average Bonchev–Trinajstić information content (AvgIpc) is 2.77. The van der Waals surface area contributed by atoms with E-state index in [9.17, 15) is 0 Å². The highest BCUT2D eigenvalue weighted by atomic mass is 79.9. The number of nitrogens with two attached hydrogens (primary N) is 1. The summed E-state index contributed by atoms with van der Waals surface area (Å²) in [5.74, 6) is 0. The van der Waals surface area contributed by atoms with Crippen molar-refractivity contribution in [2.24, 2.45) is 5.73 Å². The normalized spacial score (nSPS) is 12.6. The van der Waals surface area contributed by atoms with Crippen molar-refractivity contribution in [1.29, 1.82) is 0 Å². The lowest BCUT2D eigenvalue weighted by Crippen LogP contribution is -2.13. The van der Waals surface area contributed by atoms with Crippen LogP contribution in [0.15, 0.2) is 35.3 Å². The molecule has 0 spiro atoms. The SMILES string of the molecule is CCn1cc(CC(N)c2cncc(Br)c2)cn1. The molecule has 2 heterocycles. The number of halogens is 1. The maximum Gasteiger partial charge on any atom is 0.0522 e. The van der Waals surface area contributed by atoms with E-state index < -0.39 is 0 Å². The first-order valence-corrected chi connectivity index (χ1v) is 6.35. The Hall–Kier alpha value is -1.20. The van der Waals surface area contributed by atoms with Crippen molar-refractivity contribution in [1.82, 2.24) is 14.8 Å². The highest BCUT2D eigenvalue weighted by Crippen LogP contribution is 2.18. The first-order valence-electron chi connectivity index (χ1n) is 5.56. The second-order valence-corrected chi connectivity index (χ2v) is 4.87. The fourth-order valence-corrected chi connectivity index (χ4v) is 2.07. The molecule has 1 unspecified atom stereocenters. The molecule has 2 rings (SSSR count). The Balaban J connectivity index is 2.08. The van der Waals surface area contributed by atoms with Crippen molar-refractivity contribution >= 4 is 15.9 Å². The Morgan fingerprint density at radius 1 is 1.41 bits per heavy atom. The van der Waals surface area contributed by atoms with Gasteiger partial charge in [-0.15, -0.1) is 0 Å². The Kier molecular flexibility index (Phi) is 3.91. The molecular weight excluding hydrogens is 280 g/mol. The van der Waals surface area contributed by atoms with Crippen LogP contribution in [0.1, 0.15) is 24.1 Å². The summed E-state index contributed by atoms with van der Waals surface area (Å²) in [6.45, 7) is 2.95. The number of nitrogens with zero attached hydrogens (tertiary/aromatic N) is 3. The van der Waals surface area contributed by atoms with Crippen LogP contribution in [0.2, 0.25) is 0 Å². The summed E-state index contributed by atoms with van der Waals surface area (Å²) < 4.78 is 2.86. The smallest absolute Gasteiger partial charge is 0.0522 e. The molecule has 0 aliphatic heterocycles. The summed E-state index contributed by atoms with van der Waals surface area (Å²) in [6, 6.07) is 1.96. The van der Waals surface area contributed by atoms with E-state index in [1.165, 1.54) is 0 Å². The molecule has 0 aromatic carbocycles. The van der Waals surface area contributed by atoms with E-state index in [0.717, 1.165) is 28.6 Å². The van der Waals surface area contributed by atoms with Crippen LogP contribution in [-0.2, 0) is 13.0 Å². The van der Waals surface area contributed by atoms with Crippen LogP contribution in [0, 0.1) is 0 Å². The zero-order valence-corrected chi connectivity index (χ0v) is 11.3. The first kappa shape index (κ1) is 12.3. The van der Waals surface area contributed by atoms with Crippen LogP contribution in [-0.4, -0.2) is 14.8 Å². The Morgan fingerprint density at radius 2 is 2.24 bits per heavy atom. The van der Waals surface area contributed by atoms with Crippen molar-refractivity contribution in [3.8, 4) is 0 Å². The summed E-state index contributed by atoms with van der Waals surface area (Å²) in [7, 11) is 0. The zero-order chi connectivity index (χ0) is 12.3. The van der Waals surface area contributed by atoms with Crippen molar-refractivity contribution in [3.63, 3.8) is 0 Å². The molecule has 4 nitrogen and oxygen atoms in total. The molecule has 0 saturated carbocycles. The predicted octanol–water partition coefficient (Wildman–Crippen LogP) is 2.30. The maximum atomic E-state index is 6.15. The average molecular weight is 295 g/mol. The molecule has 2 N–H and O–H groups in total. The van der Waals surface area contributed by atoms with E-state index in [2.05, 4.69) is 32.9 Å². The van der Waals surface area contributed by atoms with Gasteiger partial charge in [-0.25, -0.2) is 0 Å². The van der Waals surface area contributed by atoms with E-state index in [1.54, 1.807) is 12.4 Å². The third-order valence-corrected chi connectivity index (χ3v) is 3.05. The van der Waals surface area contributed by atoms with Gasteiger partial charge in [-0.3, -0.25) is 9.67 Å². The molecule has 90 valence electrons. The molecule has 0 bridgehead atoms. The van der Waals surface area contributed by atoms with Gasteiger partial charge < -0.3 is 5.73 Å². The quantitative estimate of drug-likeness (QED) is 0.941. The standard InChI is InChI=1S/C12H15BrN4/c1-2-17-8-9(5-16-17)3-12(14)10-4-11(13)7-15-6-10/h4-8,12H,2-3,14H2,1H3. The van der Waals surface area contributed by atoms with Gasteiger partial charge in [-0.2, -0.15) is 5.10 Å². The van der Waals surface area contributed by atoms with E-state index in [4.69, 9.17) is 5.73 Å². The van der Waals surface area contributed by atoms with Gasteiger partial charge in [0.2, 0.25) is 0 Å². The van der Waals surface area contributed by atoms with E-state index in [0.29, 0.717) is 0 Å². The van der Waals surface area contributed by atoms with Crippen molar-refractivity contribution in [2.75, 3.05) is 0 Å². The number of rotatable bonds is 4. The second-order valence-electron chi connectivity index (χ2n) is 3.95. The third-order valence-electron chi connectivity index (χ3n) is 2.62. The van der Waals surface area contributed by atoms with Crippen LogP contribution in [0.25, 0.3) is 0 Å². The molecule has 5 heteroatoms. The van der Waals surface area contributed by atoms with Crippen molar-refractivity contribution in [2.45, 2.75) is 25.9 Å². The lowest BCUT2D eigenvalue weighted by atomic mass is 10.0. The zero-order valence-electron chi connectivity index (χ0n) is 9.68. The number of pyridine rings is 1. The molecule has 0 saturated heterocycles. The molecule has 0 aliphatic carbocycles. The molecular formula is C12H15BrN4. The van der Waals surface area contributed by atoms with Gasteiger partial charge in [0.25, 0.3) is 0 Å². The molecule has 0 aliphatic rings. The highest BCUT2D eigenvalue weighted by Gasteiger charge is 2.09. The summed E-state index contributed by atoms with van der Waals surface area (Å²) in [5.41, 5.74) is 8.33. The number of aryl methyl sites for hydroxylation is 1. The molecule has 17 heavy (non-hydrogen) atoms. The summed E-state index contributed by atoms with van der Waals surface area (Å²) >= 11 is 3.40. The van der Waals surface area contributed by atoms with Crippen LogP contribution < -0.4 is 5.73 Å². The lowest BCUT2D eigenvalue weighted by Gasteiger charge is -2.10. The minimum atomic E-state index is -0.0468. The first-order chi connectivity index (χ1) is 8.19. The molecule has 0 radical (unpaired) electrons. The Labute approximate surface area is 109 Å². The topological polar surface area (TPSA) is 56.7 Å². The van der Waals surface area contributed by atoms with Crippen LogP contribution in [0.5, 0.6) is 0 Å². The summed E-state index contributed by atoms with van der Waals surface area (Å²) in [4.78, 5) is 4.12. The summed E-state index contributed by atoms with van der Waals surface area (Å²) in [6.07, 6.45) is 8.24. The molecule has 2 aromatic heterocycles. The Bertz CT molecular complexity index is 495. The minimum absolute atomic E-state index is 0.0468. The van der Waals surface area contributed by atoms with Gasteiger partial charge in [0.1, 0.15) is 0 Å². The Morgan fingerprint density at radius 3 is 2.88 bits per heavy atom. The maximum absolute atomic E-state index is 6.15. The van der Waals surface area contributed by atoms with Gasteiger partial charge in [0.15, 0.2) is 0 Å². The van der Waals surface area contributed by atoms with Crippen molar-refractivity contribution < 1.29 is 0 Å². The lowest BCUT2D eigenvalue weighted by molar-refractivity contribution is 0.657. The van der Waals surface area contributed by atoms with Gasteiger partial charge in [-0.05, 0) is 46.5 Å². The van der Waals surface area contributed by atoms with E-state index in [-0.39, 0.29) is 6.04 Å². The van der Waals surface area contributed by atoms with Gasteiger partial charge in [-0.1, -0.05) is 0 Å². The number of aromatic nitrogens is 3. The number of hydrogen-bond acceptors (Lipinski definition) is 3. The second kappa shape index (κ2) is 5.42. The van der Waals surface area contributed by atoms with E-state index in [1.807, 2.05) is 23.1 Å². The van der Waals surface area contributed by atoms with E-state index >= 15 is 0 Å². The van der Waals surface area contributed by atoms with Gasteiger partial charge >= 0.3 is 0 Å². The highest BCUT2D eigenvalue weighted by molar-refractivity contribution is 9.10.